The summed E-state index contributed by atoms with van der Waals surface area (Å²) in [5, 5.41) is 0. The van der Waals surface area contributed by atoms with Crippen LogP contribution in [0.2, 0.25) is 0 Å². The SMILES string of the molecule is CC(C)(C)C1CCC(CCl)(Cc2ccccc2)CC1. The Morgan fingerprint density at radius 1 is 1.11 bits per heavy atom. The highest BCUT2D eigenvalue weighted by Gasteiger charge is 2.38. The Labute approximate surface area is 123 Å². The molecule has 0 aliphatic heterocycles. The molecule has 0 nitrogen and oxygen atoms in total. The van der Waals surface area contributed by atoms with Crippen molar-refractivity contribution >= 4 is 11.6 Å². The van der Waals surface area contributed by atoms with Gasteiger partial charge in [-0.1, -0.05) is 51.1 Å². The van der Waals surface area contributed by atoms with Gasteiger partial charge in [-0.15, -0.1) is 11.6 Å². The van der Waals surface area contributed by atoms with Crippen LogP contribution in [0.3, 0.4) is 0 Å². The van der Waals surface area contributed by atoms with Gasteiger partial charge in [0.15, 0.2) is 0 Å². The van der Waals surface area contributed by atoms with Crippen molar-refractivity contribution in [2.75, 3.05) is 5.88 Å². The van der Waals surface area contributed by atoms with Crippen molar-refractivity contribution in [3.8, 4) is 0 Å². The van der Waals surface area contributed by atoms with Gasteiger partial charge in [0.1, 0.15) is 0 Å². The minimum absolute atomic E-state index is 0.338. The van der Waals surface area contributed by atoms with E-state index >= 15 is 0 Å². The van der Waals surface area contributed by atoms with Gasteiger partial charge in [0.25, 0.3) is 0 Å². The van der Waals surface area contributed by atoms with Crippen molar-refractivity contribution < 1.29 is 0 Å². The van der Waals surface area contributed by atoms with Crippen LogP contribution < -0.4 is 0 Å². The largest absolute Gasteiger partial charge is 0.126 e. The number of halogens is 1. The van der Waals surface area contributed by atoms with E-state index in [4.69, 9.17) is 11.6 Å². The molecule has 1 aromatic rings. The summed E-state index contributed by atoms with van der Waals surface area (Å²) in [6, 6.07) is 10.8. The first kappa shape index (κ1) is 14.9. The fraction of sp³-hybridized carbons (Fsp3) is 0.667. The molecule has 1 heteroatoms. The Morgan fingerprint density at radius 3 is 2.16 bits per heavy atom. The molecule has 1 saturated carbocycles. The number of alkyl halides is 1. The molecule has 0 aromatic heterocycles. The van der Waals surface area contributed by atoms with E-state index in [1.165, 1.54) is 31.2 Å². The molecule has 0 atom stereocenters. The Kier molecular flexibility index (Phi) is 4.61. The molecule has 1 aromatic carbocycles. The minimum Gasteiger partial charge on any atom is -0.126 e. The molecular formula is C18H27Cl. The average Bonchev–Trinajstić information content (AvgIpc) is 2.39. The molecule has 0 radical (unpaired) electrons. The Bertz CT molecular complexity index is 380. The molecule has 0 saturated heterocycles. The summed E-state index contributed by atoms with van der Waals surface area (Å²) in [4.78, 5) is 0. The second-order valence-electron chi connectivity index (χ2n) is 7.44. The fourth-order valence-corrected chi connectivity index (χ4v) is 3.84. The van der Waals surface area contributed by atoms with Crippen LogP contribution in [0.1, 0.15) is 52.0 Å². The van der Waals surface area contributed by atoms with E-state index in [0.717, 1.165) is 18.2 Å². The van der Waals surface area contributed by atoms with Crippen LogP contribution in [0.15, 0.2) is 30.3 Å². The summed E-state index contributed by atoms with van der Waals surface area (Å²) < 4.78 is 0. The van der Waals surface area contributed by atoms with E-state index in [1.807, 2.05) is 0 Å². The highest BCUT2D eigenvalue weighted by atomic mass is 35.5. The second-order valence-corrected chi connectivity index (χ2v) is 7.70. The number of rotatable bonds is 3. The van der Waals surface area contributed by atoms with Crippen molar-refractivity contribution in [2.45, 2.75) is 52.9 Å². The predicted octanol–water partition coefficient (Wildman–Crippen LogP) is 5.69. The average molecular weight is 279 g/mol. The first-order chi connectivity index (χ1) is 8.95. The van der Waals surface area contributed by atoms with E-state index in [0.29, 0.717) is 10.8 Å². The normalized spacial score (nSPS) is 28.3. The smallest absolute Gasteiger partial charge is 0.0283 e. The van der Waals surface area contributed by atoms with Gasteiger partial charge in [0.05, 0.1) is 0 Å². The standard InChI is InChI=1S/C18H27Cl/c1-17(2,3)16-9-11-18(14-19,12-10-16)13-15-7-5-4-6-8-15/h4-8,16H,9-14H2,1-3H3. The number of hydrogen-bond donors (Lipinski definition) is 0. The molecule has 0 N–H and O–H groups in total. The minimum atomic E-state index is 0.338. The van der Waals surface area contributed by atoms with Gasteiger partial charge in [-0.3, -0.25) is 0 Å². The predicted molar refractivity (Wildman–Crippen MR) is 84.7 cm³/mol. The van der Waals surface area contributed by atoms with Crippen LogP contribution in [0, 0.1) is 16.7 Å². The van der Waals surface area contributed by atoms with Gasteiger partial charge in [0, 0.05) is 5.88 Å². The monoisotopic (exact) mass is 278 g/mol. The Hall–Kier alpha value is -0.490. The third-order valence-corrected chi connectivity index (χ3v) is 5.54. The highest BCUT2D eigenvalue weighted by molar-refractivity contribution is 6.18. The second kappa shape index (κ2) is 5.87. The van der Waals surface area contributed by atoms with Crippen LogP contribution in [-0.4, -0.2) is 5.88 Å². The molecule has 2 rings (SSSR count). The van der Waals surface area contributed by atoms with Gasteiger partial charge < -0.3 is 0 Å². The van der Waals surface area contributed by atoms with E-state index in [-0.39, 0.29) is 0 Å². The van der Waals surface area contributed by atoms with Crippen molar-refractivity contribution in [3.63, 3.8) is 0 Å². The van der Waals surface area contributed by atoms with E-state index in [9.17, 15) is 0 Å². The lowest BCUT2D eigenvalue weighted by Crippen LogP contribution is -2.35. The third kappa shape index (κ3) is 3.75. The molecule has 1 fully saturated rings. The van der Waals surface area contributed by atoms with Crippen molar-refractivity contribution in [1.29, 1.82) is 0 Å². The molecule has 0 amide bonds. The van der Waals surface area contributed by atoms with Gasteiger partial charge in [-0.25, -0.2) is 0 Å². The summed E-state index contributed by atoms with van der Waals surface area (Å²) >= 11 is 6.35. The maximum atomic E-state index is 6.35. The summed E-state index contributed by atoms with van der Waals surface area (Å²) in [6.07, 6.45) is 6.39. The first-order valence-corrected chi connectivity index (χ1v) is 8.09. The van der Waals surface area contributed by atoms with E-state index in [1.54, 1.807) is 0 Å². The van der Waals surface area contributed by atoms with Crippen molar-refractivity contribution in [1.82, 2.24) is 0 Å². The molecule has 106 valence electrons. The topological polar surface area (TPSA) is 0 Å². The Morgan fingerprint density at radius 2 is 1.68 bits per heavy atom. The van der Waals surface area contributed by atoms with Gasteiger partial charge in [-0.05, 0) is 54.4 Å². The van der Waals surface area contributed by atoms with Crippen LogP contribution >= 0.6 is 11.6 Å². The van der Waals surface area contributed by atoms with Crippen LogP contribution in [-0.2, 0) is 6.42 Å². The molecule has 1 aliphatic rings. The molecular weight excluding hydrogens is 252 g/mol. The van der Waals surface area contributed by atoms with Gasteiger partial charge >= 0.3 is 0 Å². The summed E-state index contributed by atoms with van der Waals surface area (Å²) in [6.45, 7) is 7.13. The van der Waals surface area contributed by atoms with E-state index in [2.05, 4.69) is 51.1 Å². The maximum Gasteiger partial charge on any atom is 0.0283 e. The highest BCUT2D eigenvalue weighted by Crippen LogP contribution is 2.47. The first-order valence-electron chi connectivity index (χ1n) is 7.55. The summed E-state index contributed by atoms with van der Waals surface area (Å²) in [5.74, 6) is 1.67. The number of benzene rings is 1. The van der Waals surface area contributed by atoms with Gasteiger partial charge in [0.2, 0.25) is 0 Å². The molecule has 1 aliphatic carbocycles. The lowest BCUT2D eigenvalue weighted by molar-refractivity contribution is 0.102. The molecule has 0 unspecified atom stereocenters. The Balaban J connectivity index is 2.02. The molecule has 0 bridgehead atoms. The lowest BCUT2D eigenvalue weighted by atomic mass is 9.63. The fourth-order valence-electron chi connectivity index (χ4n) is 3.48. The zero-order valence-corrected chi connectivity index (χ0v) is 13.3. The quantitative estimate of drug-likeness (QED) is 0.623. The van der Waals surface area contributed by atoms with Crippen LogP contribution in [0.25, 0.3) is 0 Å². The zero-order valence-electron chi connectivity index (χ0n) is 12.6. The number of hydrogen-bond acceptors (Lipinski definition) is 0. The van der Waals surface area contributed by atoms with Gasteiger partial charge in [-0.2, -0.15) is 0 Å². The third-order valence-electron chi connectivity index (χ3n) is 4.98. The lowest BCUT2D eigenvalue weighted by Gasteiger charge is -2.43. The molecule has 19 heavy (non-hydrogen) atoms. The summed E-state index contributed by atoms with van der Waals surface area (Å²) in [5.41, 5.74) is 2.23. The zero-order chi connectivity index (χ0) is 13.9. The van der Waals surface area contributed by atoms with E-state index < -0.39 is 0 Å². The van der Waals surface area contributed by atoms with Crippen LogP contribution in [0.5, 0.6) is 0 Å². The van der Waals surface area contributed by atoms with Crippen LogP contribution in [0.4, 0.5) is 0 Å². The van der Waals surface area contributed by atoms with Crippen molar-refractivity contribution in [3.05, 3.63) is 35.9 Å². The summed E-state index contributed by atoms with van der Waals surface area (Å²) in [7, 11) is 0. The van der Waals surface area contributed by atoms with Crippen molar-refractivity contribution in [2.24, 2.45) is 16.7 Å². The molecule has 0 spiro atoms. The molecule has 0 heterocycles. The maximum absolute atomic E-state index is 6.35.